The molecule has 0 saturated heterocycles. The highest BCUT2D eigenvalue weighted by atomic mass is 79.9. The third-order valence-electron chi connectivity index (χ3n) is 4.09. The van der Waals surface area contributed by atoms with Crippen LogP contribution in [-0.4, -0.2) is 28.0 Å². The van der Waals surface area contributed by atoms with Crippen molar-refractivity contribution in [3.63, 3.8) is 0 Å². The van der Waals surface area contributed by atoms with Crippen molar-refractivity contribution in [2.45, 2.75) is 12.5 Å². The summed E-state index contributed by atoms with van der Waals surface area (Å²) in [7, 11) is 0. The second-order valence-corrected chi connectivity index (χ2v) is 7.15. The molecule has 0 aliphatic heterocycles. The predicted octanol–water partition coefficient (Wildman–Crippen LogP) is 4.35. The number of amides is 1. The lowest BCUT2D eigenvalue weighted by Crippen LogP contribution is -2.43. The van der Waals surface area contributed by atoms with Crippen LogP contribution in [0.4, 0.5) is 8.78 Å². The number of halogens is 4. The molecule has 0 fully saturated rings. The first-order valence-corrected chi connectivity index (χ1v) is 9.16. The first kappa shape index (κ1) is 20.2. The Kier molecular flexibility index (Phi) is 5.90. The zero-order valence-electron chi connectivity index (χ0n) is 14.0. The monoisotopic (exact) mass is 468 g/mol. The van der Waals surface area contributed by atoms with Gasteiger partial charge in [0, 0.05) is 22.5 Å². The number of fused-ring (bicyclic) bond motifs is 1. The zero-order valence-corrected chi connectivity index (χ0v) is 16.4. The molecule has 1 atom stereocenters. The van der Waals surface area contributed by atoms with Crippen LogP contribution >= 0.6 is 27.5 Å². The Balaban J connectivity index is 1.94. The lowest BCUT2D eigenvalue weighted by molar-refractivity contribution is -0.139. The highest BCUT2D eigenvalue weighted by Gasteiger charge is 2.26. The van der Waals surface area contributed by atoms with Crippen LogP contribution in [0.1, 0.15) is 15.9 Å². The van der Waals surface area contributed by atoms with Gasteiger partial charge < -0.3 is 10.4 Å². The van der Waals surface area contributed by atoms with Crippen molar-refractivity contribution in [2.75, 3.05) is 0 Å². The quantitative estimate of drug-likeness (QED) is 0.582. The molecular weight excluding hydrogens is 458 g/mol. The Labute approximate surface area is 171 Å². The molecule has 1 heterocycles. The third-order valence-corrected chi connectivity index (χ3v) is 5.07. The molecule has 0 spiro atoms. The van der Waals surface area contributed by atoms with Gasteiger partial charge in [0.2, 0.25) is 0 Å². The SMILES string of the molecule is O=C(NC(Cc1ccc(Br)c2c(Cl)ccnc12)C(=O)O)c1c(F)cccc1F. The Morgan fingerprint density at radius 3 is 2.50 bits per heavy atom. The molecule has 144 valence electrons. The van der Waals surface area contributed by atoms with Crippen LogP contribution in [0, 0.1) is 11.6 Å². The molecule has 1 unspecified atom stereocenters. The van der Waals surface area contributed by atoms with Crippen molar-refractivity contribution in [1.82, 2.24) is 10.3 Å². The largest absolute Gasteiger partial charge is 0.480 e. The summed E-state index contributed by atoms with van der Waals surface area (Å²) in [4.78, 5) is 28.2. The number of aromatic nitrogens is 1. The Morgan fingerprint density at radius 2 is 1.86 bits per heavy atom. The summed E-state index contributed by atoms with van der Waals surface area (Å²) < 4.78 is 28.3. The van der Waals surface area contributed by atoms with Crippen molar-refractivity contribution in [3.05, 3.63) is 74.9 Å². The Morgan fingerprint density at radius 1 is 1.18 bits per heavy atom. The molecule has 5 nitrogen and oxygen atoms in total. The van der Waals surface area contributed by atoms with Gasteiger partial charge in [-0.3, -0.25) is 9.78 Å². The Hall–Kier alpha value is -2.58. The summed E-state index contributed by atoms with van der Waals surface area (Å²) in [5.41, 5.74) is 0.123. The molecule has 0 saturated carbocycles. The van der Waals surface area contributed by atoms with E-state index in [0.29, 0.717) is 26.0 Å². The number of pyridine rings is 1. The molecule has 28 heavy (non-hydrogen) atoms. The van der Waals surface area contributed by atoms with Crippen LogP contribution in [0.15, 0.2) is 47.1 Å². The van der Waals surface area contributed by atoms with Crippen molar-refractivity contribution < 1.29 is 23.5 Å². The van der Waals surface area contributed by atoms with Crippen molar-refractivity contribution in [2.24, 2.45) is 0 Å². The highest BCUT2D eigenvalue weighted by Crippen LogP contribution is 2.31. The van der Waals surface area contributed by atoms with Crippen LogP contribution < -0.4 is 5.32 Å². The van der Waals surface area contributed by atoms with Gasteiger partial charge in [0.05, 0.1) is 10.5 Å². The number of nitrogens with zero attached hydrogens (tertiary/aromatic N) is 1. The molecule has 1 amide bonds. The molecule has 0 aliphatic carbocycles. The van der Waals surface area contributed by atoms with E-state index in [1.54, 1.807) is 18.2 Å². The van der Waals surface area contributed by atoms with E-state index in [1.165, 1.54) is 6.20 Å². The average molecular weight is 470 g/mol. The summed E-state index contributed by atoms with van der Waals surface area (Å²) in [6.45, 7) is 0. The smallest absolute Gasteiger partial charge is 0.326 e. The maximum absolute atomic E-state index is 13.8. The number of carboxylic acids is 1. The van der Waals surface area contributed by atoms with Gasteiger partial charge in [0.25, 0.3) is 5.91 Å². The van der Waals surface area contributed by atoms with Crippen LogP contribution in [0.25, 0.3) is 10.9 Å². The summed E-state index contributed by atoms with van der Waals surface area (Å²) >= 11 is 9.56. The number of hydrogen-bond acceptors (Lipinski definition) is 3. The normalized spacial score (nSPS) is 12.0. The molecule has 2 aromatic carbocycles. The second-order valence-electron chi connectivity index (χ2n) is 5.89. The molecule has 3 rings (SSSR count). The topological polar surface area (TPSA) is 79.3 Å². The van der Waals surface area contributed by atoms with Crippen LogP contribution in [0.3, 0.4) is 0 Å². The van der Waals surface area contributed by atoms with E-state index in [-0.39, 0.29) is 6.42 Å². The summed E-state index contributed by atoms with van der Waals surface area (Å²) in [5, 5.41) is 12.7. The molecular formula is C19H12BrClF2N2O3. The maximum atomic E-state index is 13.8. The molecule has 0 aliphatic rings. The number of carboxylic acid groups (broad SMARTS) is 1. The number of nitrogens with one attached hydrogen (secondary N) is 1. The number of benzene rings is 2. The molecule has 3 aromatic rings. The molecule has 9 heteroatoms. The lowest BCUT2D eigenvalue weighted by atomic mass is 10.0. The van der Waals surface area contributed by atoms with E-state index in [1.807, 2.05) is 0 Å². The van der Waals surface area contributed by atoms with Crippen molar-refractivity contribution >= 4 is 50.3 Å². The fourth-order valence-electron chi connectivity index (χ4n) is 2.77. The van der Waals surface area contributed by atoms with Crippen molar-refractivity contribution in [3.8, 4) is 0 Å². The first-order valence-electron chi connectivity index (χ1n) is 7.99. The standard InChI is InChI=1S/C19H12BrClF2N2O3/c20-10-5-4-9(17-15(10)11(21)6-7-24-17)8-14(19(27)28)25-18(26)16-12(22)2-1-3-13(16)23/h1-7,14H,8H2,(H,25,26)(H,27,28). The number of carbonyl (C=O) groups is 2. The van der Waals surface area contributed by atoms with E-state index >= 15 is 0 Å². The summed E-state index contributed by atoms with van der Waals surface area (Å²) in [6, 6.07) is 6.43. The van der Waals surface area contributed by atoms with Crippen LogP contribution in [0.5, 0.6) is 0 Å². The van der Waals surface area contributed by atoms with Gasteiger partial charge in [0.15, 0.2) is 0 Å². The number of carbonyl (C=O) groups excluding carboxylic acids is 1. The zero-order chi connectivity index (χ0) is 20.4. The molecule has 2 N–H and O–H groups in total. The van der Waals surface area contributed by atoms with E-state index in [9.17, 15) is 23.5 Å². The summed E-state index contributed by atoms with van der Waals surface area (Å²) in [6.07, 6.45) is 1.32. The van der Waals surface area contributed by atoms with Gasteiger partial charge in [-0.1, -0.05) is 39.7 Å². The number of rotatable bonds is 5. The second kappa shape index (κ2) is 8.20. The van der Waals surface area contributed by atoms with Gasteiger partial charge in [-0.05, 0) is 29.8 Å². The molecule has 1 aromatic heterocycles. The minimum Gasteiger partial charge on any atom is -0.480 e. The van der Waals surface area contributed by atoms with Crippen LogP contribution in [-0.2, 0) is 11.2 Å². The van der Waals surface area contributed by atoms with Gasteiger partial charge in [-0.25, -0.2) is 13.6 Å². The fourth-order valence-corrected chi connectivity index (χ4v) is 3.67. The number of hydrogen-bond donors (Lipinski definition) is 2. The first-order chi connectivity index (χ1) is 13.3. The predicted molar refractivity (Wildman–Crippen MR) is 103 cm³/mol. The minimum atomic E-state index is -1.43. The average Bonchev–Trinajstić information content (AvgIpc) is 2.63. The molecule has 0 bridgehead atoms. The van der Waals surface area contributed by atoms with Crippen LogP contribution in [0.2, 0.25) is 5.02 Å². The molecule has 0 radical (unpaired) electrons. The highest BCUT2D eigenvalue weighted by molar-refractivity contribution is 9.10. The minimum absolute atomic E-state index is 0.158. The van der Waals surface area contributed by atoms with Gasteiger partial charge in [-0.15, -0.1) is 0 Å². The summed E-state index contributed by atoms with van der Waals surface area (Å²) in [5.74, 6) is -4.67. The van der Waals surface area contributed by atoms with E-state index in [4.69, 9.17) is 11.6 Å². The third kappa shape index (κ3) is 3.98. The fraction of sp³-hybridized carbons (Fsp3) is 0.105. The van der Waals surface area contributed by atoms with Gasteiger partial charge >= 0.3 is 5.97 Å². The van der Waals surface area contributed by atoms with Gasteiger partial charge in [-0.2, -0.15) is 0 Å². The number of aliphatic carboxylic acids is 1. The van der Waals surface area contributed by atoms with Gasteiger partial charge in [0.1, 0.15) is 23.2 Å². The maximum Gasteiger partial charge on any atom is 0.326 e. The Bertz CT molecular complexity index is 1070. The lowest BCUT2D eigenvalue weighted by Gasteiger charge is -2.17. The van der Waals surface area contributed by atoms with Crippen molar-refractivity contribution in [1.29, 1.82) is 0 Å². The van der Waals surface area contributed by atoms with E-state index in [0.717, 1.165) is 18.2 Å². The van der Waals surface area contributed by atoms with E-state index in [2.05, 4.69) is 26.2 Å². The van der Waals surface area contributed by atoms with E-state index < -0.39 is 35.1 Å².